The number of hydrogen-bond donors (Lipinski definition) is 3. The number of unbranched alkanes of at least 4 members (excludes halogenated alkanes) is 35. The molecule has 0 spiro atoms. The van der Waals surface area contributed by atoms with Crippen LogP contribution in [0.3, 0.4) is 0 Å². The van der Waals surface area contributed by atoms with Crippen molar-refractivity contribution in [1.82, 2.24) is 0 Å². The fraction of sp³-hybridized carbons (Fsp3) is 0.944. The molecule has 3 N–H and O–H groups in total. The highest BCUT2D eigenvalue weighted by molar-refractivity contribution is 7.47. The summed E-state index contributed by atoms with van der Waals surface area (Å²) in [6, 6.07) is 0. The minimum absolute atomic E-state index is 0.101. The first kappa shape index (κ1) is 89.1. The van der Waals surface area contributed by atoms with Gasteiger partial charge in [-0.05, 0) is 49.4 Å². The van der Waals surface area contributed by atoms with Gasteiger partial charge in [-0.1, -0.05) is 306 Å². The van der Waals surface area contributed by atoms with Gasteiger partial charge in [-0.3, -0.25) is 37.3 Å². The van der Waals surface area contributed by atoms with Crippen molar-refractivity contribution >= 4 is 39.5 Å². The van der Waals surface area contributed by atoms with Gasteiger partial charge in [0, 0.05) is 25.7 Å². The summed E-state index contributed by atoms with van der Waals surface area (Å²) in [6.45, 7) is 14.0. The second-order valence-electron chi connectivity index (χ2n) is 27.9. The lowest BCUT2D eigenvalue weighted by Crippen LogP contribution is -2.30. The second kappa shape index (κ2) is 61.6. The van der Waals surface area contributed by atoms with Crippen LogP contribution in [-0.4, -0.2) is 96.7 Å². The molecule has 0 radical (unpaired) electrons. The Kier molecular flexibility index (Phi) is 60.3. The normalized spacial score (nSPS) is 14.2. The van der Waals surface area contributed by atoms with Crippen LogP contribution in [0.2, 0.25) is 0 Å². The number of carbonyl (C=O) groups is 4. The van der Waals surface area contributed by atoms with E-state index in [2.05, 4.69) is 55.4 Å². The number of phosphoric acid groups is 2. The van der Waals surface area contributed by atoms with Crippen molar-refractivity contribution in [2.45, 2.75) is 375 Å². The van der Waals surface area contributed by atoms with Gasteiger partial charge in [0.05, 0.1) is 26.4 Å². The molecule has 5 atom stereocenters. The molecule has 0 rings (SSSR count). The molecule has 0 aromatic heterocycles. The highest BCUT2D eigenvalue weighted by atomic mass is 31.2. The minimum atomic E-state index is -4.95. The number of aliphatic hydroxyl groups excluding tert-OH is 1. The summed E-state index contributed by atoms with van der Waals surface area (Å²) < 4.78 is 68.3. The zero-order valence-electron chi connectivity index (χ0n) is 59.5. The Bertz CT molecular complexity index is 1800. The summed E-state index contributed by atoms with van der Waals surface area (Å²) in [6.07, 6.45) is 44.8. The summed E-state index contributed by atoms with van der Waals surface area (Å²) >= 11 is 0. The molecule has 0 saturated heterocycles. The van der Waals surface area contributed by atoms with Crippen LogP contribution in [0.5, 0.6) is 0 Å². The van der Waals surface area contributed by atoms with E-state index >= 15 is 0 Å². The Labute approximate surface area is 556 Å². The quantitative estimate of drug-likeness (QED) is 0.0222. The van der Waals surface area contributed by atoms with Crippen molar-refractivity contribution in [3.05, 3.63) is 0 Å². The van der Waals surface area contributed by atoms with Crippen LogP contribution < -0.4 is 0 Å². The average molecular weight is 1340 g/mol. The van der Waals surface area contributed by atoms with E-state index in [9.17, 15) is 43.2 Å². The van der Waals surface area contributed by atoms with E-state index in [1.54, 1.807) is 0 Å². The largest absolute Gasteiger partial charge is 0.472 e. The van der Waals surface area contributed by atoms with Gasteiger partial charge in [-0.25, -0.2) is 9.13 Å². The third-order valence-electron chi connectivity index (χ3n) is 16.6. The molecule has 0 aliphatic rings. The topological polar surface area (TPSA) is 237 Å². The highest BCUT2D eigenvalue weighted by Crippen LogP contribution is 2.45. The number of hydrogen-bond acceptors (Lipinski definition) is 15. The van der Waals surface area contributed by atoms with Gasteiger partial charge < -0.3 is 33.8 Å². The van der Waals surface area contributed by atoms with Gasteiger partial charge >= 0.3 is 39.5 Å². The first-order valence-corrected chi connectivity index (χ1v) is 40.2. The Balaban J connectivity index is 5.18. The Morgan fingerprint density at radius 1 is 0.275 bits per heavy atom. The first-order valence-electron chi connectivity index (χ1n) is 37.2. The van der Waals surface area contributed by atoms with E-state index in [-0.39, 0.29) is 25.7 Å². The van der Waals surface area contributed by atoms with Gasteiger partial charge in [-0.15, -0.1) is 0 Å². The van der Waals surface area contributed by atoms with Crippen LogP contribution in [0.25, 0.3) is 0 Å². The molecule has 0 aromatic carbocycles. The van der Waals surface area contributed by atoms with Crippen molar-refractivity contribution < 1.29 is 80.2 Å². The zero-order valence-corrected chi connectivity index (χ0v) is 61.3. The van der Waals surface area contributed by atoms with Crippen molar-refractivity contribution in [3.8, 4) is 0 Å². The third-order valence-corrected chi connectivity index (χ3v) is 18.5. The summed E-state index contributed by atoms with van der Waals surface area (Å²) in [5, 5.41) is 10.6. The first-order chi connectivity index (χ1) is 43.6. The molecule has 0 aromatic rings. The Morgan fingerprint density at radius 3 is 0.681 bits per heavy atom. The predicted octanol–water partition coefficient (Wildman–Crippen LogP) is 20.5. The molecule has 3 unspecified atom stereocenters. The smallest absolute Gasteiger partial charge is 0.462 e. The van der Waals surface area contributed by atoms with Gasteiger partial charge in [0.2, 0.25) is 0 Å². The predicted molar refractivity (Wildman–Crippen MR) is 367 cm³/mol. The third kappa shape index (κ3) is 66.5. The van der Waals surface area contributed by atoms with E-state index < -0.39 is 97.5 Å². The molecule has 0 aliphatic carbocycles. The second-order valence-corrected chi connectivity index (χ2v) is 30.8. The number of esters is 4. The molecule has 91 heavy (non-hydrogen) atoms. The highest BCUT2D eigenvalue weighted by Gasteiger charge is 2.30. The molecule has 17 nitrogen and oxygen atoms in total. The van der Waals surface area contributed by atoms with E-state index in [1.807, 2.05) is 0 Å². The molecule has 0 bridgehead atoms. The Hall–Kier alpha value is -1.94. The standard InChI is InChI=1S/C72H140O17P2/c1-62(2)48-40-32-24-18-15-13-11-9-10-12-14-16-20-27-36-44-52-69(74)82-58-67(88-71(76)54-46-38-29-21-17-19-25-33-41-49-63(3)4)60-86-90(78,79)84-56-66(73)57-85-91(80,81)87-61-68(89-72(77)55-47-39-31-30-35-43-51-65(7)8)59-83-70(75)53-45-37-28-23-22-26-34-42-50-64(5)6/h62-68,73H,9-61H2,1-8H3,(H,78,79)(H,80,81)/t66?,67-,68-/m1/s1. The number of rotatable bonds is 69. The van der Waals surface area contributed by atoms with E-state index in [4.69, 9.17) is 37.0 Å². The molecule has 0 heterocycles. The Morgan fingerprint density at radius 2 is 0.462 bits per heavy atom. The van der Waals surface area contributed by atoms with Crippen molar-refractivity contribution in [1.29, 1.82) is 0 Å². The van der Waals surface area contributed by atoms with Crippen LogP contribution in [0.15, 0.2) is 0 Å². The maximum atomic E-state index is 13.0. The minimum Gasteiger partial charge on any atom is -0.462 e. The lowest BCUT2D eigenvalue weighted by Gasteiger charge is -2.21. The maximum Gasteiger partial charge on any atom is 0.472 e. The van der Waals surface area contributed by atoms with E-state index in [1.165, 1.54) is 161 Å². The number of ether oxygens (including phenoxy) is 4. The van der Waals surface area contributed by atoms with Gasteiger partial charge in [0.1, 0.15) is 19.3 Å². The fourth-order valence-electron chi connectivity index (χ4n) is 10.8. The lowest BCUT2D eigenvalue weighted by atomic mass is 10.0. The van der Waals surface area contributed by atoms with Crippen LogP contribution in [0.1, 0.15) is 357 Å². The maximum absolute atomic E-state index is 13.0. The van der Waals surface area contributed by atoms with Crippen LogP contribution in [-0.2, 0) is 65.4 Å². The average Bonchev–Trinajstić information content (AvgIpc) is 3.64. The fourth-order valence-corrected chi connectivity index (χ4v) is 12.4. The molecule has 0 saturated carbocycles. The molecule has 0 amide bonds. The molecular weight excluding hydrogens is 1200 g/mol. The monoisotopic (exact) mass is 1340 g/mol. The van der Waals surface area contributed by atoms with Gasteiger partial charge in [-0.2, -0.15) is 0 Å². The lowest BCUT2D eigenvalue weighted by molar-refractivity contribution is -0.161. The van der Waals surface area contributed by atoms with Crippen LogP contribution >= 0.6 is 15.6 Å². The van der Waals surface area contributed by atoms with Crippen LogP contribution in [0.4, 0.5) is 0 Å². The number of phosphoric ester groups is 2. The van der Waals surface area contributed by atoms with Gasteiger partial charge in [0.15, 0.2) is 12.2 Å². The number of aliphatic hydroxyl groups is 1. The molecule has 540 valence electrons. The van der Waals surface area contributed by atoms with E-state index in [0.717, 1.165) is 108 Å². The molecule has 19 heteroatoms. The van der Waals surface area contributed by atoms with Crippen molar-refractivity contribution in [2.75, 3.05) is 39.6 Å². The zero-order chi connectivity index (χ0) is 67.5. The number of carbonyl (C=O) groups excluding carboxylic acids is 4. The van der Waals surface area contributed by atoms with Crippen molar-refractivity contribution in [2.24, 2.45) is 23.7 Å². The summed E-state index contributed by atoms with van der Waals surface area (Å²) in [5.41, 5.74) is 0. The van der Waals surface area contributed by atoms with E-state index in [0.29, 0.717) is 31.6 Å². The van der Waals surface area contributed by atoms with Crippen molar-refractivity contribution in [3.63, 3.8) is 0 Å². The summed E-state index contributed by atoms with van der Waals surface area (Å²) in [5.74, 6) is 0.812. The summed E-state index contributed by atoms with van der Waals surface area (Å²) in [7, 11) is -9.90. The summed E-state index contributed by atoms with van der Waals surface area (Å²) in [4.78, 5) is 72.5. The molecule has 0 aliphatic heterocycles. The SMILES string of the molecule is CC(C)CCCCCCCCCCCCCCCCCCC(=O)OC[C@H](COP(=O)(O)OCC(O)COP(=O)(O)OC[C@@H](COC(=O)CCCCCCCCCCC(C)C)OC(=O)CCCCCCCCC(C)C)OC(=O)CCCCCCCCCCCC(C)C. The van der Waals surface area contributed by atoms with Crippen LogP contribution in [0, 0.1) is 23.7 Å². The molecular formula is C72H140O17P2. The van der Waals surface area contributed by atoms with Gasteiger partial charge in [0.25, 0.3) is 0 Å². The molecule has 0 fully saturated rings.